The van der Waals surface area contributed by atoms with Crippen molar-refractivity contribution in [3.05, 3.63) is 36.7 Å². The first-order valence-electron chi connectivity index (χ1n) is 9.10. The Morgan fingerprint density at radius 1 is 1.21 bits per heavy atom. The molecule has 1 saturated heterocycles. The number of aromatic nitrogens is 2. The topological polar surface area (TPSA) is 120 Å². The summed E-state index contributed by atoms with van der Waals surface area (Å²) < 4.78 is 11.9. The summed E-state index contributed by atoms with van der Waals surface area (Å²) in [5.41, 5.74) is 6.43. The Morgan fingerprint density at radius 3 is 2.57 bits per heavy atom. The Hall–Kier alpha value is -2.91. The van der Waals surface area contributed by atoms with Gasteiger partial charge in [-0.05, 0) is 37.1 Å². The molecule has 0 saturated carbocycles. The molecule has 2 amide bonds. The molecule has 0 atom stereocenters. The van der Waals surface area contributed by atoms with Crippen LogP contribution in [-0.2, 0) is 20.9 Å². The zero-order chi connectivity index (χ0) is 20.0. The fraction of sp³-hybridized carbons (Fsp3) is 0.421. The van der Waals surface area contributed by atoms with Crippen molar-refractivity contribution in [2.45, 2.75) is 19.4 Å². The van der Waals surface area contributed by atoms with Gasteiger partial charge < -0.3 is 25.8 Å². The molecule has 2 heterocycles. The lowest BCUT2D eigenvalue weighted by atomic mass is 9.79. The molecule has 1 aromatic heterocycles. The van der Waals surface area contributed by atoms with Gasteiger partial charge in [0.05, 0.1) is 24.4 Å². The van der Waals surface area contributed by atoms with E-state index < -0.39 is 5.41 Å². The first-order chi connectivity index (χ1) is 13.5. The summed E-state index contributed by atoms with van der Waals surface area (Å²) >= 11 is 0. The van der Waals surface area contributed by atoms with Crippen molar-refractivity contribution < 1.29 is 19.1 Å². The van der Waals surface area contributed by atoms with Crippen molar-refractivity contribution in [1.82, 2.24) is 9.78 Å². The zero-order valence-electron chi connectivity index (χ0n) is 15.8. The molecule has 9 heteroatoms. The number of carbonyl (C=O) groups excluding carboxylic acids is 2. The molecule has 0 aliphatic carbocycles. The largest absolute Gasteiger partial charge is 0.497 e. The lowest BCUT2D eigenvalue weighted by Gasteiger charge is -2.34. The van der Waals surface area contributed by atoms with Crippen LogP contribution in [0.25, 0.3) is 0 Å². The Bertz CT molecular complexity index is 812. The number of hydrogen-bond donors (Lipinski definition) is 3. The smallest absolute Gasteiger partial charge is 0.246 e. The third kappa shape index (κ3) is 4.68. The van der Waals surface area contributed by atoms with Crippen LogP contribution in [0, 0.1) is 5.41 Å². The number of hydrogen-bond acceptors (Lipinski definition) is 6. The highest BCUT2D eigenvalue weighted by atomic mass is 16.5. The second kappa shape index (κ2) is 8.85. The Labute approximate surface area is 163 Å². The monoisotopic (exact) mass is 387 g/mol. The molecule has 1 aromatic carbocycles. The minimum atomic E-state index is -0.619. The molecule has 2 aromatic rings. The van der Waals surface area contributed by atoms with Gasteiger partial charge in [-0.15, -0.1) is 0 Å². The molecule has 1 aliphatic heterocycles. The molecule has 9 nitrogen and oxygen atoms in total. The van der Waals surface area contributed by atoms with Crippen molar-refractivity contribution >= 4 is 23.2 Å². The van der Waals surface area contributed by atoms with Crippen LogP contribution in [-0.4, -0.2) is 48.5 Å². The van der Waals surface area contributed by atoms with Gasteiger partial charge in [0, 0.05) is 31.6 Å². The lowest BCUT2D eigenvalue weighted by Crippen LogP contribution is -2.46. The second-order valence-electron chi connectivity index (χ2n) is 6.75. The number of amides is 2. The van der Waals surface area contributed by atoms with E-state index in [2.05, 4.69) is 15.7 Å². The van der Waals surface area contributed by atoms with Crippen molar-refractivity contribution in [2.24, 2.45) is 11.1 Å². The Balaban J connectivity index is 1.55. The third-order valence-electron chi connectivity index (χ3n) is 4.89. The lowest BCUT2D eigenvalue weighted by molar-refractivity contribution is -0.130. The number of methoxy groups -OCH3 is 1. The van der Waals surface area contributed by atoms with E-state index in [1.165, 1.54) is 10.9 Å². The van der Waals surface area contributed by atoms with Crippen molar-refractivity contribution in [1.29, 1.82) is 0 Å². The maximum atomic E-state index is 12.7. The molecule has 1 aliphatic rings. The van der Waals surface area contributed by atoms with E-state index in [-0.39, 0.29) is 24.9 Å². The first kappa shape index (κ1) is 19.8. The molecule has 0 radical (unpaired) electrons. The predicted molar refractivity (Wildman–Crippen MR) is 104 cm³/mol. The summed E-state index contributed by atoms with van der Waals surface area (Å²) in [5.74, 6) is 0.347. The van der Waals surface area contributed by atoms with E-state index in [0.717, 1.165) is 0 Å². The van der Waals surface area contributed by atoms with Crippen LogP contribution in [0.5, 0.6) is 5.75 Å². The van der Waals surface area contributed by atoms with Crippen LogP contribution in [0.2, 0.25) is 0 Å². The van der Waals surface area contributed by atoms with Crippen LogP contribution < -0.4 is 21.1 Å². The number of carbonyl (C=O) groups is 2. The van der Waals surface area contributed by atoms with E-state index >= 15 is 0 Å². The molecule has 0 spiro atoms. The fourth-order valence-corrected chi connectivity index (χ4v) is 3.09. The molecule has 0 unspecified atom stereocenters. The highest BCUT2D eigenvalue weighted by Gasteiger charge is 2.38. The molecule has 150 valence electrons. The minimum Gasteiger partial charge on any atom is -0.497 e. The number of nitrogens with two attached hydrogens (primary N) is 1. The van der Waals surface area contributed by atoms with Gasteiger partial charge in [-0.2, -0.15) is 5.10 Å². The average molecular weight is 387 g/mol. The van der Waals surface area contributed by atoms with Gasteiger partial charge in [-0.1, -0.05) is 0 Å². The van der Waals surface area contributed by atoms with Crippen molar-refractivity contribution in [3.8, 4) is 5.75 Å². The Kier molecular flexibility index (Phi) is 6.27. The van der Waals surface area contributed by atoms with E-state index in [1.807, 2.05) is 0 Å². The van der Waals surface area contributed by atoms with Gasteiger partial charge in [0.25, 0.3) is 0 Å². The van der Waals surface area contributed by atoms with Gasteiger partial charge >= 0.3 is 0 Å². The predicted octanol–water partition coefficient (Wildman–Crippen LogP) is 1.22. The van der Waals surface area contributed by atoms with Gasteiger partial charge in [-0.25, -0.2) is 0 Å². The SMILES string of the molecule is COc1ccc(NC(=O)Cn2cc(NC(=O)C3(CN)CCOCC3)cn2)cc1. The summed E-state index contributed by atoms with van der Waals surface area (Å²) in [5, 5.41) is 9.78. The van der Waals surface area contributed by atoms with Gasteiger partial charge in [0.15, 0.2) is 0 Å². The number of anilines is 2. The number of benzene rings is 1. The first-order valence-corrected chi connectivity index (χ1v) is 9.10. The summed E-state index contributed by atoms with van der Waals surface area (Å²) in [6.45, 7) is 1.34. The van der Waals surface area contributed by atoms with E-state index in [0.29, 0.717) is 43.2 Å². The summed E-state index contributed by atoms with van der Waals surface area (Å²) in [7, 11) is 1.58. The quantitative estimate of drug-likeness (QED) is 0.657. The second-order valence-corrected chi connectivity index (χ2v) is 6.75. The summed E-state index contributed by atoms with van der Waals surface area (Å²) in [6, 6.07) is 7.04. The van der Waals surface area contributed by atoms with Crippen molar-refractivity contribution in [2.75, 3.05) is 37.5 Å². The van der Waals surface area contributed by atoms with Crippen LogP contribution in [0.1, 0.15) is 12.8 Å². The highest BCUT2D eigenvalue weighted by Crippen LogP contribution is 2.30. The number of nitrogens with one attached hydrogen (secondary N) is 2. The zero-order valence-corrected chi connectivity index (χ0v) is 15.8. The standard InChI is InChI=1S/C19H25N5O4/c1-27-16-4-2-14(3-5-16)22-17(25)12-24-11-15(10-21-24)23-18(26)19(13-20)6-8-28-9-7-19/h2-5,10-11H,6-9,12-13,20H2,1H3,(H,22,25)(H,23,26). The van der Waals surface area contributed by atoms with Gasteiger partial charge in [0.1, 0.15) is 12.3 Å². The maximum Gasteiger partial charge on any atom is 0.246 e. The molecule has 4 N–H and O–H groups in total. The van der Waals surface area contributed by atoms with Gasteiger partial charge in [0.2, 0.25) is 11.8 Å². The third-order valence-corrected chi connectivity index (χ3v) is 4.89. The number of nitrogens with zero attached hydrogens (tertiary/aromatic N) is 2. The van der Waals surface area contributed by atoms with Crippen LogP contribution >= 0.6 is 0 Å². The molecule has 1 fully saturated rings. The van der Waals surface area contributed by atoms with Crippen molar-refractivity contribution in [3.63, 3.8) is 0 Å². The van der Waals surface area contributed by atoms with Crippen LogP contribution in [0.3, 0.4) is 0 Å². The maximum absolute atomic E-state index is 12.7. The van der Waals surface area contributed by atoms with Crippen LogP contribution in [0.4, 0.5) is 11.4 Å². The fourth-order valence-electron chi connectivity index (χ4n) is 3.09. The molecule has 0 bridgehead atoms. The van der Waals surface area contributed by atoms with Crippen LogP contribution in [0.15, 0.2) is 36.7 Å². The van der Waals surface area contributed by atoms with Gasteiger partial charge in [-0.3, -0.25) is 14.3 Å². The normalized spacial score (nSPS) is 15.6. The van der Waals surface area contributed by atoms with E-state index in [4.69, 9.17) is 15.2 Å². The highest BCUT2D eigenvalue weighted by molar-refractivity contribution is 5.95. The molecular weight excluding hydrogens is 362 g/mol. The number of rotatable bonds is 7. The summed E-state index contributed by atoms with van der Waals surface area (Å²) in [4.78, 5) is 24.9. The Morgan fingerprint density at radius 2 is 1.93 bits per heavy atom. The molecule has 28 heavy (non-hydrogen) atoms. The average Bonchev–Trinajstić information content (AvgIpc) is 3.15. The summed E-state index contributed by atoms with van der Waals surface area (Å²) in [6.07, 6.45) is 4.32. The molecule has 3 rings (SSSR count). The molecular formula is C19H25N5O4. The van der Waals surface area contributed by atoms with E-state index in [9.17, 15) is 9.59 Å². The van der Waals surface area contributed by atoms with E-state index in [1.54, 1.807) is 37.6 Å². The number of ether oxygens (including phenoxy) is 2. The minimum absolute atomic E-state index is 0.0256.